The standard InChI is InChI=1S/C20H26F3NO5/c1-18(2,3)29-17(27)24-11-14(16(25)26)10-19(24,12-28-4)9-13-5-7-15(8-6-13)20(21,22)23/h5-8,14H,9-12H2,1-4H3,(H,25,26)/t14-,19+/m0/s1. The van der Waals surface area contributed by atoms with E-state index in [1.165, 1.54) is 24.1 Å². The number of hydrogen-bond acceptors (Lipinski definition) is 4. The molecule has 0 bridgehead atoms. The molecule has 2 rings (SSSR count). The van der Waals surface area contributed by atoms with E-state index in [0.29, 0.717) is 5.56 Å². The first kappa shape index (κ1) is 23.0. The Morgan fingerprint density at radius 2 is 1.79 bits per heavy atom. The van der Waals surface area contributed by atoms with Crippen LogP contribution in [0.1, 0.15) is 38.3 Å². The molecule has 1 fully saturated rings. The van der Waals surface area contributed by atoms with Gasteiger partial charge in [0.15, 0.2) is 0 Å². The Labute approximate surface area is 167 Å². The van der Waals surface area contributed by atoms with Crippen LogP contribution in [-0.2, 0) is 26.9 Å². The molecule has 9 heteroatoms. The zero-order chi connectivity index (χ0) is 22.0. The van der Waals surface area contributed by atoms with Crippen molar-refractivity contribution in [3.8, 4) is 0 Å². The number of carboxylic acids is 1. The predicted molar refractivity (Wildman–Crippen MR) is 98.4 cm³/mol. The third-order valence-electron chi connectivity index (χ3n) is 4.79. The number of carboxylic acid groups (broad SMARTS) is 1. The molecule has 1 aromatic rings. The number of hydrogen-bond donors (Lipinski definition) is 1. The second-order valence-corrected chi connectivity index (χ2v) is 8.36. The third kappa shape index (κ3) is 5.62. The van der Waals surface area contributed by atoms with E-state index in [1.807, 2.05) is 0 Å². The lowest BCUT2D eigenvalue weighted by Crippen LogP contribution is -2.53. The Balaban J connectivity index is 2.38. The molecule has 0 radical (unpaired) electrons. The van der Waals surface area contributed by atoms with Crippen molar-refractivity contribution in [3.05, 3.63) is 35.4 Å². The topological polar surface area (TPSA) is 76.1 Å². The Morgan fingerprint density at radius 1 is 1.21 bits per heavy atom. The molecular weight excluding hydrogens is 391 g/mol. The van der Waals surface area contributed by atoms with Gasteiger partial charge in [-0.2, -0.15) is 13.2 Å². The first-order valence-corrected chi connectivity index (χ1v) is 9.16. The van der Waals surface area contributed by atoms with Gasteiger partial charge in [-0.05, 0) is 51.3 Å². The van der Waals surface area contributed by atoms with E-state index in [0.717, 1.165) is 12.1 Å². The third-order valence-corrected chi connectivity index (χ3v) is 4.79. The second kappa shape index (κ2) is 8.22. The Morgan fingerprint density at radius 3 is 2.24 bits per heavy atom. The minimum absolute atomic E-state index is 0.0248. The molecule has 1 N–H and O–H groups in total. The molecule has 6 nitrogen and oxygen atoms in total. The van der Waals surface area contributed by atoms with Crippen molar-refractivity contribution in [3.63, 3.8) is 0 Å². The average Bonchev–Trinajstić information content (AvgIpc) is 2.93. The van der Waals surface area contributed by atoms with Gasteiger partial charge in [0.2, 0.25) is 0 Å². The smallest absolute Gasteiger partial charge is 0.416 e. The van der Waals surface area contributed by atoms with Crippen molar-refractivity contribution in [2.75, 3.05) is 20.3 Å². The van der Waals surface area contributed by atoms with Crippen LogP contribution in [-0.4, -0.2) is 53.5 Å². The first-order valence-electron chi connectivity index (χ1n) is 9.16. The second-order valence-electron chi connectivity index (χ2n) is 8.36. The van der Waals surface area contributed by atoms with E-state index in [9.17, 15) is 27.9 Å². The zero-order valence-corrected chi connectivity index (χ0v) is 16.9. The normalized spacial score (nSPS) is 22.6. The van der Waals surface area contributed by atoms with Gasteiger partial charge in [-0.1, -0.05) is 12.1 Å². The summed E-state index contributed by atoms with van der Waals surface area (Å²) < 4.78 is 49.2. The highest BCUT2D eigenvalue weighted by atomic mass is 19.4. The number of aliphatic carboxylic acids is 1. The van der Waals surface area contributed by atoms with Crippen LogP contribution in [0.2, 0.25) is 0 Å². The van der Waals surface area contributed by atoms with Crippen LogP contribution < -0.4 is 0 Å². The van der Waals surface area contributed by atoms with Crippen LogP contribution in [0.4, 0.5) is 18.0 Å². The molecule has 1 aliphatic rings. The van der Waals surface area contributed by atoms with Gasteiger partial charge in [0.25, 0.3) is 0 Å². The van der Waals surface area contributed by atoms with Gasteiger partial charge in [0, 0.05) is 13.7 Å². The van der Waals surface area contributed by atoms with E-state index in [4.69, 9.17) is 9.47 Å². The Kier molecular flexibility index (Phi) is 6.51. The summed E-state index contributed by atoms with van der Waals surface area (Å²) in [5, 5.41) is 9.49. The van der Waals surface area contributed by atoms with E-state index in [2.05, 4.69) is 0 Å². The highest BCUT2D eigenvalue weighted by Gasteiger charge is 2.51. The summed E-state index contributed by atoms with van der Waals surface area (Å²) in [6.45, 7) is 5.06. The van der Waals surface area contributed by atoms with Gasteiger partial charge in [0.05, 0.1) is 23.6 Å². The van der Waals surface area contributed by atoms with Crippen LogP contribution in [0, 0.1) is 5.92 Å². The first-order chi connectivity index (χ1) is 13.3. The average molecular weight is 417 g/mol. The van der Waals surface area contributed by atoms with Crippen molar-refractivity contribution >= 4 is 12.1 Å². The molecule has 1 amide bonds. The molecule has 162 valence electrons. The van der Waals surface area contributed by atoms with Crippen molar-refractivity contribution in [2.24, 2.45) is 5.92 Å². The molecule has 0 spiro atoms. The van der Waals surface area contributed by atoms with Crippen molar-refractivity contribution in [1.82, 2.24) is 4.90 Å². The molecule has 1 aromatic carbocycles. The lowest BCUT2D eigenvalue weighted by molar-refractivity contribution is -0.141. The van der Waals surface area contributed by atoms with Crippen molar-refractivity contribution in [2.45, 2.75) is 50.9 Å². The number of ether oxygens (including phenoxy) is 2. The maximum Gasteiger partial charge on any atom is 0.416 e. The largest absolute Gasteiger partial charge is 0.481 e. The predicted octanol–water partition coefficient (Wildman–Crippen LogP) is 3.97. The maximum absolute atomic E-state index is 12.8. The molecule has 0 aromatic heterocycles. The Bertz CT molecular complexity index is 742. The number of methoxy groups -OCH3 is 1. The summed E-state index contributed by atoms with van der Waals surface area (Å²) in [4.78, 5) is 25.8. The number of likely N-dealkylation sites (tertiary alicyclic amines) is 1. The fourth-order valence-electron chi connectivity index (χ4n) is 3.61. The van der Waals surface area contributed by atoms with Gasteiger partial charge in [-0.3, -0.25) is 9.69 Å². The highest BCUT2D eigenvalue weighted by Crippen LogP contribution is 2.38. The number of carbonyl (C=O) groups is 2. The van der Waals surface area contributed by atoms with Crippen LogP contribution in [0.5, 0.6) is 0 Å². The maximum atomic E-state index is 12.8. The summed E-state index contributed by atoms with van der Waals surface area (Å²) in [6.07, 6.45) is -4.88. The summed E-state index contributed by atoms with van der Waals surface area (Å²) in [5.41, 5.74) is -2.07. The molecule has 0 saturated carbocycles. The molecule has 0 unspecified atom stereocenters. The monoisotopic (exact) mass is 417 g/mol. The van der Waals surface area contributed by atoms with E-state index in [-0.39, 0.29) is 26.0 Å². The van der Waals surface area contributed by atoms with Gasteiger partial charge in [0.1, 0.15) is 5.60 Å². The summed E-state index contributed by atoms with van der Waals surface area (Å²) in [5.74, 6) is -1.88. The van der Waals surface area contributed by atoms with Crippen LogP contribution in [0.3, 0.4) is 0 Å². The summed E-state index contributed by atoms with van der Waals surface area (Å²) >= 11 is 0. The number of nitrogens with zero attached hydrogens (tertiary/aromatic N) is 1. The van der Waals surface area contributed by atoms with Gasteiger partial charge >= 0.3 is 18.2 Å². The highest BCUT2D eigenvalue weighted by molar-refractivity contribution is 5.75. The number of benzene rings is 1. The summed E-state index contributed by atoms with van der Waals surface area (Å²) in [6, 6.07) is 4.61. The van der Waals surface area contributed by atoms with Gasteiger partial charge in [-0.15, -0.1) is 0 Å². The minimum Gasteiger partial charge on any atom is -0.481 e. The number of rotatable bonds is 5. The van der Waals surface area contributed by atoms with Crippen molar-refractivity contribution < 1.29 is 37.3 Å². The van der Waals surface area contributed by atoms with E-state index in [1.54, 1.807) is 20.8 Å². The number of amides is 1. The lowest BCUT2D eigenvalue weighted by atomic mass is 9.86. The van der Waals surface area contributed by atoms with Crippen LogP contribution in [0.25, 0.3) is 0 Å². The molecular formula is C20H26F3NO5. The lowest BCUT2D eigenvalue weighted by Gasteiger charge is -2.38. The number of halogens is 3. The molecule has 1 heterocycles. The quantitative estimate of drug-likeness (QED) is 0.785. The fraction of sp³-hybridized carbons (Fsp3) is 0.600. The molecule has 2 atom stereocenters. The number of carbonyl (C=O) groups excluding carboxylic acids is 1. The van der Waals surface area contributed by atoms with Gasteiger partial charge < -0.3 is 14.6 Å². The summed E-state index contributed by atoms with van der Waals surface area (Å²) in [7, 11) is 1.43. The van der Waals surface area contributed by atoms with Crippen LogP contribution in [0.15, 0.2) is 24.3 Å². The Hall–Kier alpha value is -2.29. The number of alkyl halides is 3. The van der Waals surface area contributed by atoms with Crippen molar-refractivity contribution in [1.29, 1.82) is 0 Å². The SMILES string of the molecule is COC[C@@]1(Cc2ccc(C(F)(F)F)cc2)C[C@H](C(=O)O)CN1C(=O)OC(C)(C)C. The molecule has 0 aliphatic carbocycles. The molecule has 1 aliphatic heterocycles. The van der Waals surface area contributed by atoms with Crippen LogP contribution >= 0.6 is 0 Å². The fourth-order valence-corrected chi connectivity index (χ4v) is 3.61. The zero-order valence-electron chi connectivity index (χ0n) is 16.9. The van der Waals surface area contributed by atoms with Gasteiger partial charge in [-0.25, -0.2) is 4.79 Å². The molecule has 1 saturated heterocycles. The molecule has 29 heavy (non-hydrogen) atoms. The van der Waals surface area contributed by atoms with E-state index < -0.39 is 40.9 Å². The minimum atomic E-state index is -4.45. The van der Waals surface area contributed by atoms with E-state index >= 15 is 0 Å².